The average Bonchev–Trinajstić information content (AvgIpc) is 2.60. The molecule has 0 aliphatic rings. The lowest BCUT2D eigenvalue weighted by molar-refractivity contribution is -0.385. The van der Waals surface area contributed by atoms with Crippen LogP contribution in [-0.2, 0) is 4.79 Å². The number of methoxy groups -OCH3 is 1. The zero-order chi connectivity index (χ0) is 19.1. The highest BCUT2D eigenvalue weighted by Gasteiger charge is 2.15. The number of halogens is 1. The molecule has 0 aliphatic heterocycles. The Labute approximate surface area is 162 Å². The lowest BCUT2D eigenvalue weighted by atomic mass is 10.3. The number of anilines is 1. The smallest absolute Gasteiger partial charge is 0.310 e. The molecule has 0 saturated heterocycles. The third-order valence-corrected chi connectivity index (χ3v) is 3.91. The molecule has 26 heavy (non-hydrogen) atoms. The summed E-state index contributed by atoms with van der Waals surface area (Å²) in [5, 5.41) is 16.2. The van der Waals surface area contributed by atoms with E-state index in [1.807, 2.05) is 0 Å². The summed E-state index contributed by atoms with van der Waals surface area (Å²) < 4.78 is 11.0. The van der Waals surface area contributed by atoms with Crippen molar-refractivity contribution in [3.63, 3.8) is 0 Å². The molecule has 0 heterocycles. The molecule has 8 nitrogen and oxygen atoms in total. The van der Waals surface area contributed by atoms with Gasteiger partial charge in [0.15, 0.2) is 17.5 Å². The normalized spacial score (nSPS) is 9.92. The average molecular weight is 440 g/mol. The maximum absolute atomic E-state index is 11.9. The van der Waals surface area contributed by atoms with Gasteiger partial charge in [-0.05, 0) is 52.4 Å². The number of para-hydroxylation sites is 2. The van der Waals surface area contributed by atoms with Crippen LogP contribution >= 0.6 is 28.1 Å². The molecule has 2 rings (SSSR count). The number of amides is 1. The molecule has 0 spiro atoms. The van der Waals surface area contributed by atoms with Crippen molar-refractivity contribution < 1.29 is 19.2 Å². The highest BCUT2D eigenvalue weighted by atomic mass is 79.9. The van der Waals surface area contributed by atoms with Crippen molar-refractivity contribution in [2.24, 2.45) is 0 Å². The van der Waals surface area contributed by atoms with Gasteiger partial charge in [0.05, 0.1) is 16.5 Å². The lowest BCUT2D eigenvalue weighted by Gasteiger charge is -2.11. The first kappa shape index (κ1) is 19.6. The number of carbonyl (C=O) groups excluding carboxylic acids is 1. The van der Waals surface area contributed by atoms with Crippen LogP contribution in [0.1, 0.15) is 0 Å². The molecule has 1 amide bonds. The first-order valence-corrected chi connectivity index (χ1v) is 8.41. The zero-order valence-electron chi connectivity index (χ0n) is 13.5. The molecule has 2 aromatic rings. The van der Waals surface area contributed by atoms with E-state index in [1.54, 1.807) is 31.4 Å². The number of rotatable bonds is 6. The quantitative estimate of drug-likeness (QED) is 0.404. The van der Waals surface area contributed by atoms with Crippen molar-refractivity contribution in [3.8, 4) is 11.5 Å². The molecule has 0 aromatic heterocycles. The summed E-state index contributed by atoms with van der Waals surface area (Å²) >= 11 is 8.41. The maximum Gasteiger partial charge on any atom is 0.310 e. The molecule has 0 bridgehead atoms. The van der Waals surface area contributed by atoms with Crippen molar-refractivity contribution in [1.82, 2.24) is 5.32 Å². The van der Waals surface area contributed by atoms with Crippen LogP contribution in [-0.4, -0.2) is 29.7 Å². The van der Waals surface area contributed by atoms with E-state index in [4.69, 9.17) is 21.7 Å². The lowest BCUT2D eigenvalue weighted by Crippen LogP contribution is -2.37. The largest absolute Gasteiger partial charge is 0.496 e. The van der Waals surface area contributed by atoms with E-state index < -0.39 is 17.4 Å². The summed E-state index contributed by atoms with van der Waals surface area (Å²) in [4.78, 5) is 22.2. The number of benzene rings is 2. The molecule has 2 aromatic carbocycles. The molecule has 0 atom stereocenters. The predicted octanol–water partition coefficient (Wildman–Crippen LogP) is 3.26. The van der Waals surface area contributed by atoms with Gasteiger partial charge in [-0.3, -0.25) is 20.2 Å². The van der Waals surface area contributed by atoms with Crippen molar-refractivity contribution >= 4 is 50.5 Å². The minimum Gasteiger partial charge on any atom is -0.496 e. The van der Waals surface area contributed by atoms with Crippen LogP contribution in [0.4, 0.5) is 11.4 Å². The number of thiocarbonyl (C=S) groups is 1. The number of hydrogen-bond acceptors (Lipinski definition) is 6. The van der Waals surface area contributed by atoms with Crippen LogP contribution in [0.2, 0.25) is 0 Å². The third-order valence-electron chi connectivity index (χ3n) is 3.08. The van der Waals surface area contributed by atoms with Gasteiger partial charge in [0.1, 0.15) is 5.75 Å². The summed E-state index contributed by atoms with van der Waals surface area (Å²) in [5.74, 6) is 0.113. The maximum atomic E-state index is 11.9. The van der Waals surface area contributed by atoms with Crippen molar-refractivity contribution in [2.75, 3.05) is 19.0 Å². The molecule has 0 unspecified atom stereocenters. The van der Waals surface area contributed by atoms with Gasteiger partial charge in [-0.15, -0.1) is 0 Å². The Bertz CT molecular complexity index is 846. The molecule has 10 heteroatoms. The van der Waals surface area contributed by atoms with Crippen LogP contribution in [0.25, 0.3) is 0 Å². The Balaban J connectivity index is 1.89. The molecule has 0 fully saturated rings. The SMILES string of the molecule is COc1ccc(NC(=S)NC(=O)COc2ccccc2[N+](=O)[O-])cc1Br. The van der Waals surface area contributed by atoms with E-state index in [0.717, 1.165) is 4.47 Å². The Kier molecular flexibility index (Phi) is 6.87. The molecular formula is C16H14BrN3O5S. The Morgan fingerprint density at radius 3 is 2.65 bits per heavy atom. The van der Waals surface area contributed by atoms with E-state index in [2.05, 4.69) is 26.6 Å². The van der Waals surface area contributed by atoms with Gasteiger partial charge in [-0.1, -0.05) is 12.1 Å². The fraction of sp³-hybridized carbons (Fsp3) is 0.125. The highest BCUT2D eigenvalue weighted by Crippen LogP contribution is 2.28. The first-order valence-electron chi connectivity index (χ1n) is 7.21. The number of carbonyl (C=O) groups is 1. The first-order chi connectivity index (χ1) is 12.4. The number of nitro groups is 1. The molecular weight excluding hydrogens is 426 g/mol. The summed E-state index contributed by atoms with van der Waals surface area (Å²) in [7, 11) is 1.55. The Hall–Kier alpha value is -2.72. The van der Waals surface area contributed by atoms with E-state index in [0.29, 0.717) is 11.4 Å². The highest BCUT2D eigenvalue weighted by molar-refractivity contribution is 9.10. The van der Waals surface area contributed by atoms with E-state index in [-0.39, 0.29) is 16.5 Å². The summed E-state index contributed by atoms with van der Waals surface area (Å²) in [6, 6.07) is 11.0. The standard InChI is InChI=1S/C16H14BrN3O5S/c1-24-13-7-6-10(8-11(13)17)18-16(26)19-15(21)9-25-14-5-3-2-4-12(14)20(22)23/h2-8H,9H2,1H3,(H2,18,19,21,26). The number of nitrogens with one attached hydrogen (secondary N) is 2. The molecule has 2 N–H and O–H groups in total. The summed E-state index contributed by atoms with van der Waals surface area (Å²) in [6.07, 6.45) is 0. The fourth-order valence-corrected chi connectivity index (χ4v) is 2.71. The third kappa shape index (κ3) is 5.39. The van der Waals surface area contributed by atoms with E-state index in [1.165, 1.54) is 18.2 Å². The number of nitrogens with zero attached hydrogens (tertiary/aromatic N) is 1. The van der Waals surface area contributed by atoms with Crippen molar-refractivity contribution in [1.29, 1.82) is 0 Å². The zero-order valence-corrected chi connectivity index (χ0v) is 15.9. The minimum atomic E-state index is -0.582. The second-order valence-electron chi connectivity index (χ2n) is 4.87. The summed E-state index contributed by atoms with van der Waals surface area (Å²) in [6.45, 7) is -0.418. The summed E-state index contributed by atoms with van der Waals surface area (Å²) in [5.41, 5.74) is 0.423. The predicted molar refractivity (Wildman–Crippen MR) is 104 cm³/mol. The Morgan fingerprint density at radius 1 is 1.27 bits per heavy atom. The van der Waals surface area contributed by atoms with Crippen LogP contribution in [0.3, 0.4) is 0 Å². The monoisotopic (exact) mass is 439 g/mol. The number of nitro benzene ring substituents is 1. The van der Waals surface area contributed by atoms with Gasteiger partial charge in [0, 0.05) is 11.8 Å². The topological polar surface area (TPSA) is 103 Å². The molecule has 0 saturated carbocycles. The van der Waals surface area contributed by atoms with Crippen molar-refractivity contribution in [2.45, 2.75) is 0 Å². The van der Waals surface area contributed by atoms with Crippen LogP contribution in [0, 0.1) is 10.1 Å². The molecule has 136 valence electrons. The number of ether oxygens (including phenoxy) is 2. The number of hydrogen-bond donors (Lipinski definition) is 2. The van der Waals surface area contributed by atoms with Gasteiger partial charge in [0.2, 0.25) is 0 Å². The van der Waals surface area contributed by atoms with Crippen LogP contribution in [0.5, 0.6) is 11.5 Å². The molecule has 0 radical (unpaired) electrons. The van der Waals surface area contributed by atoms with E-state index >= 15 is 0 Å². The van der Waals surface area contributed by atoms with Gasteiger partial charge < -0.3 is 14.8 Å². The van der Waals surface area contributed by atoms with Gasteiger partial charge >= 0.3 is 5.69 Å². The van der Waals surface area contributed by atoms with Crippen LogP contribution in [0.15, 0.2) is 46.9 Å². The van der Waals surface area contributed by atoms with Crippen LogP contribution < -0.4 is 20.1 Å². The minimum absolute atomic E-state index is 0.00520. The second kappa shape index (κ2) is 9.11. The molecule has 0 aliphatic carbocycles. The Morgan fingerprint density at radius 2 is 2.00 bits per heavy atom. The van der Waals surface area contributed by atoms with Gasteiger partial charge in [-0.2, -0.15) is 0 Å². The fourth-order valence-electron chi connectivity index (χ4n) is 1.94. The van der Waals surface area contributed by atoms with Gasteiger partial charge in [-0.25, -0.2) is 0 Å². The van der Waals surface area contributed by atoms with Crippen molar-refractivity contribution in [3.05, 3.63) is 57.1 Å². The second-order valence-corrected chi connectivity index (χ2v) is 6.13. The van der Waals surface area contributed by atoms with Gasteiger partial charge in [0.25, 0.3) is 5.91 Å². The van der Waals surface area contributed by atoms with E-state index in [9.17, 15) is 14.9 Å².